The molecule has 2 aromatic heterocycles. The number of nitrogens with one attached hydrogen (secondary N) is 1. The molecule has 14 heavy (non-hydrogen) atoms. The van der Waals surface area contributed by atoms with Crippen LogP contribution in [0.15, 0.2) is 12.1 Å². The Morgan fingerprint density at radius 3 is 3.00 bits per heavy atom. The van der Waals surface area contributed by atoms with Crippen LogP contribution in [0.2, 0.25) is 0 Å². The van der Waals surface area contributed by atoms with Crippen molar-refractivity contribution in [2.75, 3.05) is 13.4 Å². The quantitative estimate of drug-likeness (QED) is 0.837. The Bertz CT molecular complexity index is 441. The van der Waals surface area contributed by atoms with Gasteiger partial charge in [0.2, 0.25) is 5.88 Å². The number of hydrogen-bond donors (Lipinski definition) is 1. The van der Waals surface area contributed by atoms with E-state index in [4.69, 9.17) is 4.74 Å². The van der Waals surface area contributed by atoms with Crippen LogP contribution in [-0.4, -0.2) is 28.3 Å². The average Bonchev–Trinajstić information content (AvgIpc) is 2.59. The lowest BCUT2D eigenvalue weighted by atomic mass is 10.4. The summed E-state index contributed by atoms with van der Waals surface area (Å²) in [6.07, 6.45) is 2.04. The molecule has 0 saturated heterocycles. The number of imidazole rings is 1. The molecule has 0 amide bonds. The minimum Gasteiger partial charge on any atom is -0.481 e. The van der Waals surface area contributed by atoms with Crippen LogP contribution in [0.1, 0.15) is 5.82 Å². The van der Waals surface area contributed by atoms with Crippen molar-refractivity contribution in [3.05, 3.63) is 18.0 Å². The number of nitrogens with zero attached hydrogens (tertiary/aromatic N) is 2. The fourth-order valence-corrected chi connectivity index (χ4v) is 1.65. The van der Waals surface area contributed by atoms with E-state index in [9.17, 15) is 0 Å². The molecule has 0 aliphatic rings. The molecule has 0 radical (unpaired) electrons. The molecule has 2 aromatic rings. The van der Waals surface area contributed by atoms with Crippen molar-refractivity contribution in [1.82, 2.24) is 15.0 Å². The molecule has 74 valence electrons. The third-order valence-electron chi connectivity index (χ3n) is 1.86. The number of thioether (sulfide) groups is 1. The summed E-state index contributed by atoms with van der Waals surface area (Å²) in [5, 5.41) is 0. The predicted molar refractivity (Wildman–Crippen MR) is 57.7 cm³/mol. The third-order valence-corrected chi connectivity index (χ3v) is 2.42. The van der Waals surface area contributed by atoms with E-state index >= 15 is 0 Å². The van der Waals surface area contributed by atoms with E-state index in [0.29, 0.717) is 11.5 Å². The molecule has 0 atom stereocenters. The van der Waals surface area contributed by atoms with Gasteiger partial charge in [-0.15, -0.1) is 0 Å². The van der Waals surface area contributed by atoms with Gasteiger partial charge >= 0.3 is 0 Å². The molecule has 2 rings (SSSR count). The maximum Gasteiger partial charge on any atom is 0.215 e. The number of pyridine rings is 1. The zero-order valence-corrected chi connectivity index (χ0v) is 8.89. The minimum atomic E-state index is 0.597. The van der Waals surface area contributed by atoms with Crippen LogP contribution in [0.25, 0.3) is 11.2 Å². The lowest BCUT2D eigenvalue weighted by molar-refractivity contribution is 0.399. The number of ether oxygens (including phenoxy) is 1. The monoisotopic (exact) mass is 209 g/mol. The number of aromatic amines is 1. The van der Waals surface area contributed by atoms with Crippen molar-refractivity contribution in [2.24, 2.45) is 0 Å². The molecule has 2 heterocycles. The van der Waals surface area contributed by atoms with Crippen molar-refractivity contribution >= 4 is 22.9 Å². The van der Waals surface area contributed by atoms with Gasteiger partial charge in [0, 0.05) is 6.07 Å². The molecule has 0 unspecified atom stereocenters. The first-order valence-electron chi connectivity index (χ1n) is 4.22. The van der Waals surface area contributed by atoms with Crippen LogP contribution in [0.3, 0.4) is 0 Å². The summed E-state index contributed by atoms with van der Waals surface area (Å²) in [6.45, 7) is 0. The van der Waals surface area contributed by atoms with Gasteiger partial charge in [0.15, 0.2) is 5.65 Å². The molecule has 5 heteroatoms. The van der Waals surface area contributed by atoms with Crippen molar-refractivity contribution in [3.63, 3.8) is 0 Å². The summed E-state index contributed by atoms with van der Waals surface area (Å²) in [6, 6.07) is 3.75. The highest BCUT2D eigenvalue weighted by molar-refractivity contribution is 7.97. The van der Waals surface area contributed by atoms with E-state index in [1.165, 1.54) is 0 Å². The Kier molecular flexibility index (Phi) is 2.58. The summed E-state index contributed by atoms with van der Waals surface area (Å²) in [5.74, 6) is 2.42. The summed E-state index contributed by atoms with van der Waals surface area (Å²) in [4.78, 5) is 11.8. The van der Waals surface area contributed by atoms with Gasteiger partial charge in [-0.05, 0) is 12.3 Å². The molecule has 4 nitrogen and oxygen atoms in total. The zero-order valence-electron chi connectivity index (χ0n) is 8.07. The second-order valence-electron chi connectivity index (χ2n) is 2.84. The average molecular weight is 209 g/mol. The van der Waals surface area contributed by atoms with Gasteiger partial charge in [0.05, 0.1) is 18.4 Å². The Morgan fingerprint density at radius 2 is 2.29 bits per heavy atom. The van der Waals surface area contributed by atoms with Crippen LogP contribution in [-0.2, 0) is 5.75 Å². The minimum absolute atomic E-state index is 0.597. The van der Waals surface area contributed by atoms with Crippen molar-refractivity contribution in [1.29, 1.82) is 0 Å². The smallest absolute Gasteiger partial charge is 0.215 e. The lowest BCUT2D eigenvalue weighted by Crippen LogP contribution is -1.86. The van der Waals surface area contributed by atoms with E-state index in [2.05, 4.69) is 15.0 Å². The SMILES string of the molecule is COc1ccc2[nH]c(CSC)nc2n1. The maximum absolute atomic E-state index is 5.02. The van der Waals surface area contributed by atoms with Crippen molar-refractivity contribution in [2.45, 2.75) is 5.75 Å². The number of H-pyrrole nitrogens is 1. The highest BCUT2D eigenvalue weighted by Gasteiger charge is 2.04. The molecule has 0 fully saturated rings. The van der Waals surface area contributed by atoms with E-state index < -0.39 is 0 Å². The Morgan fingerprint density at radius 1 is 1.43 bits per heavy atom. The van der Waals surface area contributed by atoms with Gasteiger partial charge in [0.25, 0.3) is 0 Å². The predicted octanol–water partition coefficient (Wildman–Crippen LogP) is 1.83. The second kappa shape index (κ2) is 3.88. The third kappa shape index (κ3) is 1.68. The summed E-state index contributed by atoms with van der Waals surface area (Å²) in [5.41, 5.74) is 1.67. The van der Waals surface area contributed by atoms with Crippen LogP contribution < -0.4 is 4.74 Å². The fourth-order valence-electron chi connectivity index (χ4n) is 1.24. The molecule has 0 bridgehead atoms. The van der Waals surface area contributed by atoms with Gasteiger partial charge in [-0.25, -0.2) is 4.98 Å². The number of rotatable bonds is 3. The van der Waals surface area contributed by atoms with Crippen LogP contribution in [0.5, 0.6) is 5.88 Å². The standard InChI is InChI=1S/C9H11N3OS/c1-13-8-4-3-6-9(12-8)11-7(10-6)5-14-2/h3-4H,5H2,1-2H3,(H,10,11,12). The number of hydrogen-bond acceptors (Lipinski definition) is 4. The van der Waals surface area contributed by atoms with Gasteiger partial charge in [-0.3, -0.25) is 0 Å². The molecule has 0 saturated carbocycles. The van der Waals surface area contributed by atoms with E-state index in [-0.39, 0.29) is 0 Å². The largest absolute Gasteiger partial charge is 0.481 e. The molecule has 0 aromatic carbocycles. The van der Waals surface area contributed by atoms with Crippen LogP contribution in [0.4, 0.5) is 0 Å². The first-order valence-corrected chi connectivity index (χ1v) is 5.61. The number of aromatic nitrogens is 3. The van der Waals surface area contributed by atoms with Gasteiger partial charge in [0.1, 0.15) is 5.82 Å². The Hall–Kier alpha value is -1.23. The molecule has 1 N–H and O–H groups in total. The van der Waals surface area contributed by atoms with E-state index in [0.717, 1.165) is 17.1 Å². The maximum atomic E-state index is 5.02. The summed E-state index contributed by atoms with van der Waals surface area (Å²) < 4.78 is 5.02. The normalized spacial score (nSPS) is 10.7. The van der Waals surface area contributed by atoms with Gasteiger partial charge in [-0.1, -0.05) is 0 Å². The summed E-state index contributed by atoms with van der Waals surface area (Å²) >= 11 is 1.73. The first-order chi connectivity index (χ1) is 6.83. The molecule has 0 spiro atoms. The topological polar surface area (TPSA) is 50.8 Å². The lowest BCUT2D eigenvalue weighted by Gasteiger charge is -1.95. The van der Waals surface area contributed by atoms with Crippen LogP contribution >= 0.6 is 11.8 Å². The molecule has 0 aliphatic carbocycles. The van der Waals surface area contributed by atoms with Gasteiger partial charge in [-0.2, -0.15) is 16.7 Å². The Balaban J connectivity index is 2.43. The van der Waals surface area contributed by atoms with E-state index in [1.807, 2.05) is 18.4 Å². The number of fused-ring (bicyclic) bond motifs is 1. The highest BCUT2D eigenvalue weighted by Crippen LogP contribution is 2.15. The summed E-state index contributed by atoms with van der Waals surface area (Å²) in [7, 11) is 1.60. The van der Waals surface area contributed by atoms with Crippen molar-refractivity contribution in [3.8, 4) is 5.88 Å². The molecular formula is C9H11N3OS. The fraction of sp³-hybridized carbons (Fsp3) is 0.333. The molecule has 0 aliphatic heterocycles. The number of methoxy groups -OCH3 is 1. The Labute approximate surface area is 86.1 Å². The first kappa shape index (κ1) is 9.33. The van der Waals surface area contributed by atoms with Crippen molar-refractivity contribution < 1.29 is 4.74 Å². The second-order valence-corrected chi connectivity index (χ2v) is 3.71. The van der Waals surface area contributed by atoms with E-state index in [1.54, 1.807) is 18.9 Å². The highest BCUT2D eigenvalue weighted by atomic mass is 32.2. The van der Waals surface area contributed by atoms with Gasteiger partial charge < -0.3 is 9.72 Å². The zero-order chi connectivity index (χ0) is 9.97. The van der Waals surface area contributed by atoms with Crippen LogP contribution in [0, 0.1) is 0 Å². The molecular weight excluding hydrogens is 198 g/mol.